The Hall–Kier alpha value is -0.890. The average molecular weight is 407 g/mol. The topological polar surface area (TPSA) is 61.9 Å². The predicted molar refractivity (Wildman–Crippen MR) is 93.3 cm³/mol. The van der Waals surface area contributed by atoms with Gasteiger partial charge < -0.3 is 15.7 Å². The second kappa shape index (κ2) is 9.19. The zero-order valence-corrected chi connectivity index (χ0v) is 14.4. The van der Waals surface area contributed by atoms with Crippen molar-refractivity contribution < 1.29 is 9.50 Å². The summed E-state index contributed by atoms with van der Waals surface area (Å²) in [5, 5.41) is 10.0. The van der Waals surface area contributed by atoms with Crippen LogP contribution in [-0.4, -0.2) is 35.6 Å². The van der Waals surface area contributed by atoms with E-state index in [2.05, 4.69) is 9.89 Å². The number of nitrogens with zero attached hydrogens (tertiary/aromatic N) is 2. The molecule has 0 spiro atoms. The van der Waals surface area contributed by atoms with Crippen LogP contribution in [0.3, 0.4) is 0 Å². The molecule has 1 aliphatic heterocycles. The van der Waals surface area contributed by atoms with Crippen LogP contribution >= 0.6 is 24.0 Å². The van der Waals surface area contributed by atoms with E-state index in [1.54, 1.807) is 12.1 Å². The summed E-state index contributed by atoms with van der Waals surface area (Å²) in [4.78, 5) is 6.34. The summed E-state index contributed by atoms with van der Waals surface area (Å²) < 4.78 is 12.8. The quantitative estimate of drug-likeness (QED) is 0.460. The molecule has 1 aliphatic rings. The molecule has 4 nitrogen and oxygen atoms in total. The normalized spacial score (nSPS) is 17.8. The first-order valence-electron chi connectivity index (χ1n) is 7.15. The molecule has 0 bridgehead atoms. The zero-order chi connectivity index (χ0) is 14.4. The second-order valence-corrected chi connectivity index (χ2v) is 5.17. The summed E-state index contributed by atoms with van der Waals surface area (Å²) in [5.74, 6) is 0.182. The fourth-order valence-corrected chi connectivity index (χ4v) is 2.37. The lowest BCUT2D eigenvalue weighted by Crippen LogP contribution is -2.38. The first kappa shape index (κ1) is 18.2. The lowest BCUT2D eigenvalue weighted by atomic mass is 10.1. The third-order valence-corrected chi connectivity index (χ3v) is 3.61. The molecule has 1 aromatic carbocycles. The number of hydrogen-bond donors (Lipinski definition) is 2. The van der Waals surface area contributed by atoms with Crippen LogP contribution in [0, 0.1) is 5.82 Å². The largest absolute Gasteiger partial charge is 0.386 e. The van der Waals surface area contributed by atoms with Crippen molar-refractivity contribution in [3.63, 3.8) is 0 Å². The number of guanidine groups is 1. The van der Waals surface area contributed by atoms with Gasteiger partial charge in [0.2, 0.25) is 0 Å². The Morgan fingerprint density at radius 1 is 1.19 bits per heavy atom. The third-order valence-electron chi connectivity index (χ3n) is 3.61. The molecule has 1 atom stereocenters. The number of hydrogen-bond acceptors (Lipinski definition) is 2. The molecule has 1 aromatic rings. The van der Waals surface area contributed by atoms with E-state index < -0.39 is 6.10 Å². The molecule has 0 amide bonds. The number of nitrogens with two attached hydrogens (primary N) is 1. The minimum atomic E-state index is -0.749. The summed E-state index contributed by atoms with van der Waals surface area (Å²) in [6, 6.07) is 5.80. The molecule has 0 aliphatic carbocycles. The first-order chi connectivity index (χ1) is 9.66. The standard InChI is InChI=1S/C15H22FN3O.HI/c16-13-7-5-12(6-8-13)14(20)11-18-15(17)19-9-3-1-2-4-10-19;/h5-8,14,20H,1-4,9-11H2,(H2,17,18);1H. The van der Waals surface area contributed by atoms with E-state index in [0.29, 0.717) is 11.5 Å². The maximum atomic E-state index is 12.8. The minimum absolute atomic E-state index is 0. The molecule has 3 N–H and O–H groups in total. The van der Waals surface area contributed by atoms with Gasteiger partial charge in [-0.3, -0.25) is 4.99 Å². The lowest BCUT2D eigenvalue weighted by Gasteiger charge is -2.21. The van der Waals surface area contributed by atoms with Crippen molar-refractivity contribution in [3.8, 4) is 0 Å². The molecule has 1 saturated heterocycles. The lowest BCUT2D eigenvalue weighted by molar-refractivity contribution is 0.186. The highest BCUT2D eigenvalue weighted by Gasteiger charge is 2.12. The van der Waals surface area contributed by atoms with E-state index in [1.165, 1.54) is 25.0 Å². The van der Waals surface area contributed by atoms with Crippen molar-refractivity contribution in [1.82, 2.24) is 4.90 Å². The van der Waals surface area contributed by atoms with Crippen molar-refractivity contribution in [2.24, 2.45) is 10.7 Å². The summed E-state index contributed by atoms with van der Waals surface area (Å²) in [7, 11) is 0. The van der Waals surface area contributed by atoms with E-state index in [1.807, 2.05) is 0 Å². The summed E-state index contributed by atoms with van der Waals surface area (Å²) in [5.41, 5.74) is 6.62. The minimum Gasteiger partial charge on any atom is -0.386 e. The number of aliphatic imine (C=N–C) groups is 1. The molecule has 0 radical (unpaired) electrons. The Morgan fingerprint density at radius 2 is 1.76 bits per heavy atom. The number of rotatable bonds is 3. The summed E-state index contributed by atoms with van der Waals surface area (Å²) in [6.07, 6.45) is 4.00. The number of halogens is 2. The molecule has 21 heavy (non-hydrogen) atoms. The summed E-state index contributed by atoms with van der Waals surface area (Å²) in [6.45, 7) is 2.07. The van der Waals surface area contributed by atoms with Crippen LogP contribution in [-0.2, 0) is 0 Å². The maximum Gasteiger partial charge on any atom is 0.191 e. The monoisotopic (exact) mass is 407 g/mol. The van der Waals surface area contributed by atoms with E-state index in [0.717, 1.165) is 25.9 Å². The Morgan fingerprint density at radius 3 is 2.33 bits per heavy atom. The van der Waals surface area contributed by atoms with E-state index in [9.17, 15) is 9.50 Å². The van der Waals surface area contributed by atoms with Crippen LogP contribution in [0.25, 0.3) is 0 Å². The zero-order valence-electron chi connectivity index (χ0n) is 12.0. The number of aliphatic hydroxyl groups excluding tert-OH is 1. The highest BCUT2D eigenvalue weighted by atomic mass is 127. The Labute approximate surface area is 142 Å². The molecule has 0 aromatic heterocycles. The van der Waals surface area contributed by atoms with Crippen molar-refractivity contribution in [1.29, 1.82) is 0 Å². The molecule has 1 heterocycles. The third kappa shape index (κ3) is 5.78. The van der Waals surface area contributed by atoms with Gasteiger partial charge in [-0.2, -0.15) is 0 Å². The van der Waals surface area contributed by atoms with Gasteiger partial charge in [0.25, 0.3) is 0 Å². The molecule has 1 unspecified atom stereocenters. The number of likely N-dealkylation sites (tertiary alicyclic amines) is 1. The van der Waals surface area contributed by atoms with Crippen LogP contribution in [0.4, 0.5) is 4.39 Å². The maximum absolute atomic E-state index is 12.8. The van der Waals surface area contributed by atoms with Crippen LogP contribution in [0.5, 0.6) is 0 Å². The second-order valence-electron chi connectivity index (χ2n) is 5.17. The summed E-state index contributed by atoms with van der Waals surface area (Å²) >= 11 is 0. The number of benzene rings is 1. The van der Waals surface area contributed by atoms with Crippen LogP contribution in [0.1, 0.15) is 37.4 Å². The van der Waals surface area contributed by atoms with Gasteiger partial charge >= 0.3 is 0 Å². The van der Waals surface area contributed by atoms with Crippen molar-refractivity contribution in [2.75, 3.05) is 19.6 Å². The SMILES string of the molecule is I.NC(=NCC(O)c1ccc(F)cc1)N1CCCCCC1. The van der Waals surface area contributed by atoms with Gasteiger partial charge in [0.1, 0.15) is 5.82 Å². The van der Waals surface area contributed by atoms with Gasteiger partial charge in [0.05, 0.1) is 12.6 Å². The molecule has 2 rings (SSSR count). The smallest absolute Gasteiger partial charge is 0.191 e. The van der Waals surface area contributed by atoms with Gasteiger partial charge in [-0.25, -0.2) is 4.39 Å². The molecule has 118 valence electrons. The number of aliphatic hydroxyl groups is 1. The molecular formula is C15H23FIN3O. The van der Waals surface area contributed by atoms with Crippen LogP contribution < -0.4 is 5.73 Å². The fourth-order valence-electron chi connectivity index (χ4n) is 2.37. The van der Waals surface area contributed by atoms with Gasteiger partial charge in [-0.15, -0.1) is 24.0 Å². The Balaban J connectivity index is 0.00000220. The molecular weight excluding hydrogens is 384 g/mol. The Kier molecular flexibility index (Phi) is 7.95. The highest BCUT2D eigenvalue weighted by Crippen LogP contribution is 2.14. The van der Waals surface area contributed by atoms with Gasteiger partial charge in [0, 0.05) is 13.1 Å². The molecule has 0 saturated carbocycles. The van der Waals surface area contributed by atoms with Gasteiger partial charge in [0.15, 0.2) is 5.96 Å². The van der Waals surface area contributed by atoms with Crippen LogP contribution in [0.2, 0.25) is 0 Å². The van der Waals surface area contributed by atoms with Crippen molar-refractivity contribution in [3.05, 3.63) is 35.6 Å². The molecule has 1 fully saturated rings. The average Bonchev–Trinajstić information content (AvgIpc) is 2.74. The predicted octanol–water partition coefficient (Wildman–Crippen LogP) is 2.67. The van der Waals surface area contributed by atoms with Gasteiger partial charge in [-0.1, -0.05) is 25.0 Å². The van der Waals surface area contributed by atoms with E-state index >= 15 is 0 Å². The van der Waals surface area contributed by atoms with E-state index in [-0.39, 0.29) is 36.3 Å². The Bertz CT molecular complexity index is 445. The highest BCUT2D eigenvalue weighted by molar-refractivity contribution is 14.0. The van der Waals surface area contributed by atoms with Crippen LogP contribution in [0.15, 0.2) is 29.3 Å². The van der Waals surface area contributed by atoms with E-state index in [4.69, 9.17) is 5.73 Å². The first-order valence-corrected chi connectivity index (χ1v) is 7.15. The van der Waals surface area contributed by atoms with Crippen molar-refractivity contribution >= 4 is 29.9 Å². The van der Waals surface area contributed by atoms with Gasteiger partial charge in [-0.05, 0) is 30.5 Å². The molecule has 6 heteroatoms. The van der Waals surface area contributed by atoms with Crippen molar-refractivity contribution in [2.45, 2.75) is 31.8 Å². The fraction of sp³-hybridized carbons (Fsp3) is 0.533.